The zero-order valence-corrected chi connectivity index (χ0v) is 49.0. The number of carbonyl (C=O) groups is 2. The van der Waals surface area contributed by atoms with Crippen LogP contribution in [0.1, 0.15) is 57.9 Å². The lowest BCUT2D eigenvalue weighted by molar-refractivity contribution is -0.385. The molecule has 4 heterocycles. The molecule has 0 bridgehead atoms. The number of methoxy groups -OCH3 is 1. The maximum atomic E-state index is 13.9. The van der Waals surface area contributed by atoms with Crippen molar-refractivity contribution in [3.63, 3.8) is 0 Å². The van der Waals surface area contributed by atoms with E-state index in [9.17, 15) is 38.2 Å². The summed E-state index contributed by atoms with van der Waals surface area (Å²) in [6.07, 6.45) is -2.71. The van der Waals surface area contributed by atoms with Gasteiger partial charge >= 0.3 is 12.2 Å². The molecule has 83 heavy (non-hydrogen) atoms. The van der Waals surface area contributed by atoms with Crippen molar-refractivity contribution >= 4 is 75.4 Å². The number of nitro groups is 2. The maximum absolute atomic E-state index is 13.9. The third-order valence-electron chi connectivity index (χ3n) is 14.0. The van der Waals surface area contributed by atoms with Crippen LogP contribution in [0.4, 0.5) is 32.5 Å². The zero-order valence-electron chi connectivity index (χ0n) is 47.3. The van der Waals surface area contributed by atoms with Gasteiger partial charge in [0.1, 0.15) is 37.9 Å². The Labute approximate surface area is 481 Å². The minimum Gasteiger partial charge on any atom is -0.449 e. The van der Waals surface area contributed by atoms with Gasteiger partial charge in [0.2, 0.25) is 0 Å². The molecule has 0 spiro atoms. The summed E-state index contributed by atoms with van der Waals surface area (Å²) in [7, 11) is 0.674. The topological polar surface area (TPSA) is 291 Å². The highest BCUT2D eigenvalue weighted by Crippen LogP contribution is 2.52. The van der Waals surface area contributed by atoms with Crippen LogP contribution in [-0.2, 0) is 64.9 Å². The summed E-state index contributed by atoms with van der Waals surface area (Å²) in [4.78, 5) is 65.6. The molecular weight excluding hydrogens is 1120 g/mol. The summed E-state index contributed by atoms with van der Waals surface area (Å²) >= 11 is 0. The van der Waals surface area contributed by atoms with Gasteiger partial charge in [0, 0.05) is 100 Å². The second-order valence-corrected chi connectivity index (χ2v) is 23.9. The van der Waals surface area contributed by atoms with E-state index in [0.717, 1.165) is 16.6 Å². The van der Waals surface area contributed by atoms with Gasteiger partial charge in [0.15, 0.2) is 38.8 Å². The number of rotatable bonds is 26. The van der Waals surface area contributed by atoms with Gasteiger partial charge in [-0.1, -0.05) is 48.5 Å². The molecular formula is C55H68N9O17PS. The van der Waals surface area contributed by atoms with E-state index in [1.54, 1.807) is 47.0 Å². The number of non-ortho nitro benzene ring substituents is 2. The van der Waals surface area contributed by atoms with Crippen molar-refractivity contribution in [1.29, 1.82) is 0 Å². The van der Waals surface area contributed by atoms with Gasteiger partial charge in [-0.2, -0.15) is 0 Å². The predicted octanol–water partition coefficient (Wildman–Crippen LogP) is 8.73. The molecule has 2 aliphatic heterocycles. The van der Waals surface area contributed by atoms with Gasteiger partial charge in [0.25, 0.3) is 19.9 Å². The lowest BCUT2D eigenvalue weighted by Gasteiger charge is -2.41. The number of benzene rings is 4. The van der Waals surface area contributed by atoms with E-state index in [4.69, 9.17) is 42.2 Å². The largest absolute Gasteiger partial charge is 0.508 e. The predicted molar refractivity (Wildman–Crippen MR) is 305 cm³/mol. The minimum absolute atomic E-state index is 0.0511. The number of anilines is 2. The van der Waals surface area contributed by atoms with Gasteiger partial charge in [-0.25, -0.2) is 37.6 Å². The molecule has 2 aromatic heterocycles. The number of sulfone groups is 1. The molecule has 0 N–H and O–H groups in total. The number of nitrogens with zero attached hydrogens (tertiary/aromatic N) is 9. The molecule has 2 saturated heterocycles. The van der Waals surface area contributed by atoms with Crippen LogP contribution in [0.5, 0.6) is 0 Å². The van der Waals surface area contributed by atoms with Crippen molar-refractivity contribution in [2.45, 2.75) is 101 Å². The first-order valence-corrected chi connectivity index (χ1v) is 29.6. The fraction of sp³-hybridized carbons (Fsp3) is 0.473. The monoisotopic (exact) mass is 1190 g/mol. The van der Waals surface area contributed by atoms with Gasteiger partial charge in [0.05, 0.1) is 53.2 Å². The number of aromatic nitrogens is 4. The summed E-state index contributed by atoms with van der Waals surface area (Å²) in [5.74, 6) is -1.73. The van der Waals surface area contributed by atoms with Crippen molar-refractivity contribution in [3.05, 3.63) is 129 Å². The van der Waals surface area contributed by atoms with Crippen molar-refractivity contribution in [2.24, 2.45) is 0 Å². The van der Waals surface area contributed by atoms with Crippen molar-refractivity contribution in [1.82, 2.24) is 24.2 Å². The summed E-state index contributed by atoms with van der Waals surface area (Å²) in [5.41, 5.74) is 2.56. The first kappa shape index (κ1) is 62.0. The Kier molecular flexibility index (Phi) is 20.6. The standard InChI is InChI=1S/C55H68N9O17PS/c1-36(2)62(37(3)4)82(78-28-24-39-17-21-41(22-18-39)64(69)70)81-48-45(33-77-54(66)76-31-32-83(71,72)46-14-10-11-42-43(46)12-9-13-44(42)59(5)6)79-52(49(48)80-55(73-8)25-29-74-30-26-55)61-35-58-47-50(56-34-57-51(47)61)60(7)53(65)75-27-23-38-15-19-40(20-16-38)63(67)68/h9-22,34-37,45,48-49,52H,23-33H2,1-8H3/t45-,48-,49-,52-,82?/m1/s1. The highest BCUT2D eigenvalue weighted by Gasteiger charge is 2.54. The van der Waals surface area contributed by atoms with E-state index in [2.05, 4.69) is 15.0 Å². The van der Waals surface area contributed by atoms with Crippen LogP contribution in [0.2, 0.25) is 0 Å². The molecule has 1 unspecified atom stereocenters. The second-order valence-electron chi connectivity index (χ2n) is 20.4. The molecule has 2 fully saturated rings. The Morgan fingerprint density at radius 3 is 2.04 bits per heavy atom. The van der Waals surface area contributed by atoms with Crippen LogP contribution >= 0.6 is 8.53 Å². The molecule has 446 valence electrons. The Morgan fingerprint density at radius 1 is 0.795 bits per heavy atom. The zero-order chi connectivity index (χ0) is 59.6. The number of amides is 1. The van der Waals surface area contributed by atoms with E-state index in [0.29, 0.717) is 30.2 Å². The first-order valence-electron chi connectivity index (χ1n) is 26.8. The number of nitro benzene ring substituents is 2. The fourth-order valence-electron chi connectivity index (χ4n) is 9.83. The van der Waals surface area contributed by atoms with E-state index in [-0.39, 0.29) is 78.2 Å². The highest BCUT2D eigenvalue weighted by atomic mass is 32.2. The molecule has 26 nitrogen and oxygen atoms in total. The van der Waals surface area contributed by atoms with Crippen LogP contribution in [0, 0.1) is 20.2 Å². The maximum Gasteiger partial charge on any atom is 0.508 e. The quantitative estimate of drug-likeness (QED) is 0.0161. The lowest BCUT2D eigenvalue weighted by atomic mass is 10.1. The van der Waals surface area contributed by atoms with Gasteiger partial charge < -0.3 is 47.1 Å². The molecule has 0 radical (unpaired) electrons. The lowest BCUT2D eigenvalue weighted by Crippen LogP contribution is -2.49. The molecule has 0 saturated carbocycles. The van der Waals surface area contributed by atoms with Crippen LogP contribution in [-0.4, -0.2) is 165 Å². The molecule has 6 aromatic rings. The highest BCUT2D eigenvalue weighted by molar-refractivity contribution is 7.91. The number of carbonyl (C=O) groups excluding carboxylic acids is 2. The fourth-order valence-corrected chi connectivity index (χ4v) is 12.9. The number of hydrogen-bond acceptors (Lipinski definition) is 22. The third kappa shape index (κ3) is 14.8. The van der Waals surface area contributed by atoms with Gasteiger partial charge in [-0.3, -0.25) is 29.7 Å². The van der Waals surface area contributed by atoms with Crippen molar-refractivity contribution < 1.29 is 70.1 Å². The summed E-state index contributed by atoms with van der Waals surface area (Å²) in [6, 6.07) is 22.2. The van der Waals surface area contributed by atoms with Crippen LogP contribution < -0.4 is 9.80 Å². The summed E-state index contributed by atoms with van der Waals surface area (Å²) in [6.45, 7) is 7.54. The number of fused-ring (bicyclic) bond motifs is 2. The first-order chi connectivity index (χ1) is 39.7. The van der Waals surface area contributed by atoms with Crippen molar-refractivity contribution in [2.75, 3.05) is 83.4 Å². The molecule has 1 amide bonds. The second kappa shape index (κ2) is 27.5. The van der Waals surface area contributed by atoms with Crippen LogP contribution in [0.15, 0.2) is 102 Å². The average molecular weight is 1190 g/mol. The Balaban J connectivity index is 1.09. The molecule has 28 heteroatoms. The number of hydrogen-bond donors (Lipinski definition) is 0. The Bertz CT molecular complexity index is 3320. The molecule has 4 aromatic carbocycles. The SMILES string of the molecule is COC1(O[C@@H]2[C@H](OP(OCCc3ccc([N+](=O)[O-])cc3)N(C(C)C)C(C)C)[C@@H](COC(=O)OCCS(=O)(=O)c3cccc4c(N(C)C)cccc34)O[C@H]2n2cnc3c(N(C)C(=O)OCCc4ccc([N+](=O)[O-])cc4)ncnc32)CCOCC1. The molecule has 5 atom stereocenters. The smallest absolute Gasteiger partial charge is 0.449 e. The molecule has 2 aliphatic rings. The van der Waals surface area contributed by atoms with Crippen LogP contribution in [0.25, 0.3) is 21.9 Å². The van der Waals surface area contributed by atoms with E-state index < -0.39 is 89.8 Å². The van der Waals surface area contributed by atoms with Gasteiger partial charge in [-0.05, 0) is 57.4 Å². The van der Waals surface area contributed by atoms with E-state index >= 15 is 0 Å². The normalized spacial score (nSPS) is 18.4. The van der Waals surface area contributed by atoms with Crippen molar-refractivity contribution in [3.8, 4) is 0 Å². The van der Waals surface area contributed by atoms with E-state index in [1.807, 2.05) is 63.5 Å². The minimum atomic E-state index is -3.98. The Hall–Kier alpha value is -7.07. The van der Waals surface area contributed by atoms with Gasteiger partial charge in [-0.15, -0.1) is 0 Å². The molecule has 0 aliphatic carbocycles. The number of imidazole rings is 1. The van der Waals surface area contributed by atoms with E-state index in [1.165, 1.54) is 62.0 Å². The molecule has 8 rings (SSSR count). The number of ether oxygens (including phenoxy) is 7. The average Bonchev–Trinajstić information content (AvgIpc) is 4.24. The third-order valence-corrected chi connectivity index (χ3v) is 17.9. The summed E-state index contributed by atoms with van der Waals surface area (Å²) < 4.78 is 88.0. The Morgan fingerprint density at radius 2 is 1.42 bits per heavy atom. The van der Waals surface area contributed by atoms with Crippen LogP contribution in [0.3, 0.4) is 0 Å². The summed E-state index contributed by atoms with van der Waals surface area (Å²) in [5, 5.41) is 23.8.